The number of anilines is 1. The second kappa shape index (κ2) is 8.58. The second-order valence-corrected chi connectivity index (χ2v) is 8.77. The van der Waals surface area contributed by atoms with Crippen molar-refractivity contribution >= 4 is 33.7 Å². The zero-order valence-electron chi connectivity index (χ0n) is 19.7. The molecule has 1 unspecified atom stereocenters. The Morgan fingerprint density at radius 2 is 1.97 bits per heavy atom. The van der Waals surface area contributed by atoms with Crippen molar-refractivity contribution in [2.24, 2.45) is 0 Å². The standard InChI is InChI=1S/C27H19F3N6O2/c1-2-21(37)35-20-12-36-24(18-10-16(7-8-17(18)20)38-27(28,29)30)22(23-25(31)33-13-34-26(23)36)15-9-14-5-3-4-6-19(14)32-11-15/h2-11,13,20H,1,12H2,(H,35,37)(H2,31,33,34). The summed E-state index contributed by atoms with van der Waals surface area (Å²) in [6.07, 6.45) is -0.738. The number of amides is 1. The number of rotatable bonds is 4. The highest BCUT2D eigenvalue weighted by Crippen LogP contribution is 2.48. The highest BCUT2D eigenvalue weighted by molar-refractivity contribution is 6.09. The predicted octanol–water partition coefficient (Wildman–Crippen LogP) is 5.15. The minimum Gasteiger partial charge on any atom is -0.406 e. The average Bonchev–Trinajstić information content (AvgIpc) is 3.23. The third kappa shape index (κ3) is 3.88. The second-order valence-electron chi connectivity index (χ2n) is 8.77. The molecule has 8 nitrogen and oxygen atoms in total. The molecule has 1 aliphatic rings. The Balaban J connectivity index is 1.67. The normalized spacial score (nSPS) is 14.7. The fraction of sp³-hybridized carbons (Fsp3) is 0.111. The Kier molecular flexibility index (Phi) is 5.30. The minimum atomic E-state index is -4.88. The van der Waals surface area contributed by atoms with Crippen molar-refractivity contribution in [1.82, 2.24) is 24.8 Å². The summed E-state index contributed by atoms with van der Waals surface area (Å²) in [7, 11) is 0. The largest absolute Gasteiger partial charge is 0.573 e. The van der Waals surface area contributed by atoms with Crippen LogP contribution < -0.4 is 15.8 Å². The maximum atomic E-state index is 13.1. The summed E-state index contributed by atoms with van der Waals surface area (Å²) >= 11 is 0. The van der Waals surface area contributed by atoms with Gasteiger partial charge in [-0.2, -0.15) is 0 Å². The molecule has 0 saturated heterocycles. The Hall–Kier alpha value is -4.93. The van der Waals surface area contributed by atoms with Crippen LogP contribution in [0.1, 0.15) is 11.6 Å². The van der Waals surface area contributed by atoms with E-state index in [-0.39, 0.29) is 12.4 Å². The Morgan fingerprint density at radius 3 is 2.76 bits per heavy atom. The molecule has 0 aliphatic carbocycles. The van der Waals surface area contributed by atoms with Gasteiger partial charge in [0.1, 0.15) is 23.5 Å². The number of nitrogens with two attached hydrogens (primary N) is 1. The molecule has 1 aliphatic heterocycles. The molecule has 2 aromatic carbocycles. The highest BCUT2D eigenvalue weighted by atomic mass is 19.4. The Labute approximate surface area is 213 Å². The van der Waals surface area contributed by atoms with Crippen molar-refractivity contribution in [2.45, 2.75) is 18.9 Å². The molecular formula is C27H19F3N6O2. The van der Waals surface area contributed by atoms with Gasteiger partial charge >= 0.3 is 6.36 Å². The zero-order valence-corrected chi connectivity index (χ0v) is 19.7. The summed E-state index contributed by atoms with van der Waals surface area (Å²) < 4.78 is 45.5. The van der Waals surface area contributed by atoms with Crippen LogP contribution in [0.15, 0.2) is 73.7 Å². The molecule has 0 bridgehead atoms. The number of benzene rings is 2. The quantitative estimate of drug-likeness (QED) is 0.320. The van der Waals surface area contributed by atoms with E-state index in [4.69, 9.17) is 5.73 Å². The SMILES string of the molecule is C=CC(=O)NC1Cn2c(c(-c3cnc4ccccc4c3)c3c(N)ncnc32)-c2cc(OC(F)(F)F)ccc21. The number of halogens is 3. The van der Waals surface area contributed by atoms with E-state index in [0.717, 1.165) is 17.0 Å². The first kappa shape index (κ1) is 23.5. The van der Waals surface area contributed by atoms with Crippen molar-refractivity contribution in [2.75, 3.05) is 5.73 Å². The number of fused-ring (bicyclic) bond motifs is 6. The van der Waals surface area contributed by atoms with Crippen LogP contribution in [0.2, 0.25) is 0 Å². The van der Waals surface area contributed by atoms with Gasteiger partial charge in [-0.3, -0.25) is 9.78 Å². The Morgan fingerprint density at radius 1 is 1.16 bits per heavy atom. The van der Waals surface area contributed by atoms with Gasteiger partial charge in [-0.25, -0.2) is 9.97 Å². The number of aromatic nitrogens is 4. The van der Waals surface area contributed by atoms with E-state index in [1.807, 2.05) is 34.9 Å². The predicted molar refractivity (Wildman–Crippen MR) is 136 cm³/mol. The minimum absolute atomic E-state index is 0.205. The summed E-state index contributed by atoms with van der Waals surface area (Å²) in [6.45, 7) is 3.75. The molecule has 0 fully saturated rings. The third-order valence-electron chi connectivity index (χ3n) is 6.50. The maximum absolute atomic E-state index is 13.1. The van der Waals surface area contributed by atoms with Crippen LogP contribution in [0.5, 0.6) is 5.75 Å². The van der Waals surface area contributed by atoms with Gasteiger partial charge in [0.05, 0.1) is 22.6 Å². The summed E-state index contributed by atoms with van der Waals surface area (Å²) in [5.41, 5.74) is 10.5. The first-order valence-electron chi connectivity index (χ1n) is 11.5. The van der Waals surface area contributed by atoms with E-state index >= 15 is 0 Å². The Bertz CT molecular complexity index is 1760. The number of alkyl halides is 3. The molecule has 3 N–H and O–H groups in total. The van der Waals surface area contributed by atoms with E-state index in [9.17, 15) is 18.0 Å². The van der Waals surface area contributed by atoms with E-state index in [2.05, 4.69) is 31.6 Å². The topological polar surface area (TPSA) is 108 Å². The number of carbonyl (C=O) groups excluding carboxylic acids is 1. The third-order valence-corrected chi connectivity index (χ3v) is 6.50. The van der Waals surface area contributed by atoms with Crippen molar-refractivity contribution in [3.8, 4) is 28.1 Å². The van der Waals surface area contributed by atoms with Gasteiger partial charge in [-0.15, -0.1) is 13.2 Å². The monoisotopic (exact) mass is 516 g/mol. The van der Waals surface area contributed by atoms with E-state index < -0.39 is 24.1 Å². The van der Waals surface area contributed by atoms with Crippen molar-refractivity contribution < 1.29 is 22.7 Å². The number of pyridine rings is 1. The lowest BCUT2D eigenvalue weighted by Crippen LogP contribution is -2.33. The molecule has 11 heteroatoms. The van der Waals surface area contributed by atoms with Gasteiger partial charge in [0.2, 0.25) is 5.91 Å². The summed E-state index contributed by atoms with van der Waals surface area (Å²) in [5.74, 6) is -0.619. The van der Waals surface area contributed by atoms with Crippen molar-refractivity contribution in [1.29, 1.82) is 0 Å². The van der Waals surface area contributed by atoms with Crippen LogP contribution in [0.25, 0.3) is 44.3 Å². The molecule has 1 atom stereocenters. The molecule has 3 aromatic heterocycles. The van der Waals surface area contributed by atoms with E-state index in [0.29, 0.717) is 39.0 Å². The number of nitrogens with one attached hydrogen (secondary N) is 1. The molecule has 38 heavy (non-hydrogen) atoms. The fourth-order valence-corrected chi connectivity index (χ4v) is 5.02. The van der Waals surface area contributed by atoms with Crippen molar-refractivity contribution in [3.05, 3.63) is 79.3 Å². The van der Waals surface area contributed by atoms with E-state index in [1.54, 1.807) is 6.20 Å². The highest BCUT2D eigenvalue weighted by Gasteiger charge is 2.35. The number of para-hydroxylation sites is 1. The summed E-state index contributed by atoms with van der Waals surface area (Å²) in [4.78, 5) is 25.5. The van der Waals surface area contributed by atoms with Gasteiger partial charge in [0.15, 0.2) is 0 Å². The van der Waals surface area contributed by atoms with Crippen LogP contribution in [0.3, 0.4) is 0 Å². The smallest absolute Gasteiger partial charge is 0.406 e. The number of hydrogen-bond donors (Lipinski definition) is 2. The lowest BCUT2D eigenvalue weighted by atomic mass is 9.90. The van der Waals surface area contributed by atoms with E-state index in [1.165, 1.54) is 24.5 Å². The number of carbonyl (C=O) groups is 1. The number of nitrogen functional groups attached to an aromatic ring is 1. The first-order chi connectivity index (χ1) is 18.2. The average molecular weight is 516 g/mol. The van der Waals surface area contributed by atoms with Gasteiger partial charge in [-0.1, -0.05) is 30.8 Å². The maximum Gasteiger partial charge on any atom is 0.573 e. The number of hydrogen-bond acceptors (Lipinski definition) is 6. The van der Waals surface area contributed by atoms with Crippen LogP contribution in [0.4, 0.5) is 19.0 Å². The van der Waals surface area contributed by atoms with Gasteiger partial charge in [0, 0.05) is 34.8 Å². The first-order valence-corrected chi connectivity index (χ1v) is 11.5. The molecule has 0 radical (unpaired) electrons. The van der Waals surface area contributed by atoms with Crippen LogP contribution in [-0.4, -0.2) is 31.8 Å². The molecule has 5 aromatic rings. The number of ether oxygens (including phenoxy) is 1. The number of nitrogens with zero attached hydrogens (tertiary/aromatic N) is 4. The molecular weight excluding hydrogens is 497 g/mol. The fourth-order valence-electron chi connectivity index (χ4n) is 5.02. The molecule has 0 spiro atoms. The molecule has 6 rings (SSSR count). The van der Waals surface area contributed by atoms with Crippen LogP contribution in [0, 0.1) is 0 Å². The van der Waals surface area contributed by atoms with Gasteiger partial charge in [-0.05, 0) is 35.9 Å². The lowest BCUT2D eigenvalue weighted by Gasteiger charge is -2.29. The molecule has 4 heterocycles. The van der Waals surface area contributed by atoms with Crippen LogP contribution in [-0.2, 0) is 11.3 Å². The van der Waals surface area contributed by atoms with Crippen molar-refractivity contribution in [3.63, 3.8) is 0 Å². The molecule has 1 amide bonds. The zero-order chi connectivity index (χ0) is 26.6. The van der Waals surface area contributed by atoms with Crippen LogP contribution >= 0.6 is 0 Å². The lowest BCUT2D eigenvalue weighted by molar-refractivity contribution is -0.274. The molecule has 190 valence electrons. The van der Waals surface area contributed by atoms with Gasteiger partial charge in [0.25, 0.3) is 0 Å². The summed E-state index contributed by atoms with van der Waals surface area (Å²) in [6, 6.07) is 13.0. The summed E-state index contributed by atoms with van der Waals surface area (Å²) in [5, 5.41) is 4.26. The van der Waals surface area contributed by atoms with Gasteiger partial charge < -0.3 is 20.4 Å². The molecule has 0 saturated carbocycles.